The van der Waals surface area contributed by atoms with Gasteiger partial charge < -0.3 is 10.0 Å². The van der Waals surface area contributed by atoms with Crippen LogP contribution in [0.15, 0.2) is 6.08 Å². The first-order valence-electron chi connectivity index (χ1n) is 5.77. The average molecular weight is 266 g/mol. The molecular weight excluding hydrogens is 252 g/mol. The van der Waals surface area contributed by atoms with Gasteiger partial charge in [0.05, 0.1) is 4.92 Å². The van der Waals surface area contributed by atoms with Crippen molar-refractivity contribution in [2.24, 2.45) is 7.05 Å². The number of aromatic nitrogens is 2. The summed E-state index contributed by atoms with van der Waals surface area (Å²) in [7, 11) is 1.65. The minimum atomic E-state index is -0.981. The third kappa shape index (κ3) is 2.28. The number of carbonyl (C=O) groups is 1. The van der Waals surface area contributed by atoms with Crippen LogP contribution in [0.4, 0.5) is 10.5 Å². The van der Waals surface area contributed by atoms with E-state index in [1.165, 1.54) is 9.58 Å². The van der Waals surface area contributed by atoms with Crippen molar-refractivity contribution in [2.45, 2.75) is 13.3 Å². The number of carboxylic acid groups (broad SMARTS) is 1. The summed E-state index contributed by atoms with van der Waals surface area (Å²) in [6, 6.07) is 0. The highest BCUT2D eigenvalue weighted by atomic mass is 16.6. The van der Waals surface area contributed by atoms with Gasteiger partial charge in [-0.3, -0.25) is 14.8 Å². The Kier molecular flexibility index (Phi) is 3.24. The summed E-state index contributed by atoms with van der Waals surface area (Å²) >= 11 is 0. The molecule has 0 saturated carbocycles. The minimum absolute atomic E-state index is 0.00229. The lowest BCUT2D eigenvalue weighted by molar-refractivity contribution is -0.385. The Balaban J connectivity index is 2.39. The lowest BCUT2D eigenvalue weighted by Gasteiger charge is -2.23. The van der Waals surface area contributed by atoms with E-state index in [1.54, 1.807) is 20.0 Å². The summed E-state index contributed by atoms with van der Waals surface area (Å²) in [5.41, 5.74) is 1.60. The van der Waals surface area contributed by atoms with E-state index in [0.29, 0.717) is 24.4 Å². The number of nitro groups is 1. The molecule has 2 rings (SSSR count). The second-order valence-corrected chi connectivity index (χ2v) is 4.37. The maximum absolute atomic E-state index is 11.1. The highest BCUT2D eigenvalue weighted by Gasteiger charge is 2.28. The van der Waals surface area contributed by atoms with Crippen LogP contribution in [0.2, 0.25) is 0 Å². The van der Waals surface area contributed by atoms with Crippen LogP contribution in [0.1, 0.15) is 17.8 Å². The van der Waals surface area contributed by atoms with E-state index in [-0.39, 0.29) is 12.2 Å². The van der Waals surface area contributed by atoms with E-state index < -0.39 is 11.0 Å². The number of nitrogens with zero attached hydrogens (tertiary/aromatic N) is 4. The number of aryl methyl sites for hydroxylation is 2. The van der Waals surface area contributed by atoms with Gasteiger partial charge in [0.2, 0.25) is 0 Å². The van der Waals surface area contributed by atoms with Gasteiger partial charge in [0, 0.05) is 20.1 Å². The maximum atomic E-state index is 11.1. The van der Waals surface area contributed by atoms with Crippen LogP contribution in [0.5, 0.6) is 0 Å². The third-order valence-electron chi connectivity index (χ3n) is 3.16. The summed E-state index contributed by atoms with van der Waals surface area (Å²) in [4.78, 5) is 22.7. The van der Waals surface area contributed by atoms with Gasteiger partial charge in [0.15, 0.2) is 0 Å². The highest BCUT2D eigenvalue weighted by Crippen LogP contribution is 2.32. The fourth-order valence-corrected chi connectivity index (χ4v) is 2.28. The average Bonchev–Trinajstić information content (AvgIpc) is 2.64. The zero-order valence-corrected chi connectivity index (χ0v) is 10.7. The van der Waals surface area contributed by atoms with E-state index in [0.717, 1.165) is 5.57 Å². The van der Waals surface area contributed by atoms with E-state index in [2.05, 4.69) is 5.10 Å². The molecule has 0 saturated heterocycles. The fraction of sp³-hybridized carbons (Fsp3) is 0.455. The predicted octanol–water partition coefficient (Wildman–Crippen LogP) is 1.40. The predicted molar refractivity (Wildman–Crippen MR) is 66.8 cm³/mol. The molecule has 102 valence electrons. The van der Waals surface area contributed by atoms with Crippen molar-refractivity contribution in [3.63, 3.8) is 0 Å². The molecule has 8 heteroatoms. The topological polar surface area (TPSA) is 102 Å². The summed E-state index contributed by atoms with van der Waals surface area (Å²) in [6.45, 7) is 2.17. The Morgan fingerprint density at radius 3 is 2.74 bits per heavy atom. The van der Waals surface area contributed by atoms with Gasteiger partial charge in [-0.05, 0) is 18.9 Å². The van der Waals surface area contributed by atoms with Crippen molar-refractivity contribution >= 4 is 17.4 Å². The Morgan fingerprint density at radius 2 is 2.26 bits per heavy atom. The summed E-state index contributed by atoms with van der Waals surface area (Å²) in [5.74, 6) is 0. The number of rotatable bonds is 2. The Bertz CT molecular complexity index is 575. The van der Waals surface area contributed by atoms with Crippen molar-refractivity contribution in [2.75, 3.05) is 13.1 Å². The van der Waals surface area contributed by atoms with E-state index in [1.807, 2.05) is 0 Å². The Hall–Kier alpha value is -2.38. The Labute approximate surface area is 109 Å². The first kappa shape index (κ1) is 13.1. The minimum Gasteiger partial charge on any atom is -0.465 e. The molecule has 0 bridgehead atoms. The first-order valence-corrected chi connectivity index (χ1v) is 5.77. The van der Waals surface area contributed by atoms with Crippen LogP contribution in [-0.4, -0.2) is 43.9 Å². The molecule has 0 aliphatic carbocycles. The van der Waals surface area contributed by atoms with Crippen LogP contribution in [0.3, 0.4) is 0 Å². The lowest BCUT2D eigenvalue weighted by Crippen LogP contribution is -2.33. The third-order valence-corrected chi connectivity index (χ3v) is 3.16. The van der Waals surface area contributed by atoms with Gasteiger partial charge in [0.25, 0.3) is 0 Å². The van der Waals surface area contributed by atoms with Gasteiger partial charge in [0.1, 0.15) is 11.4 Å². The van der Waals surface area contributed by atoms with E-state index >= 15 is 0 Å². The van der Waals surface area contributed by atoms with Crippen LogP contribution in [-0.2, 0) is 7.05 Å². The standard InChI is InChI=1S/C11H14N4O4/c1-7-9(15(18)19)10(13(2)12-7)8-3-5-14(6-4-8)11(16)17/h3H,4-6H2,1-2H3,(H,16,17). The molecule has 0 atom stereocenters. The van der Waals surface area contributed by atoms with Gasteiger partial charge >= 0.3 is 11.8 Å². The zero-order valence-electron chi connectivity index (χ0n) is 10.7. The van der Waals surface area contributed by atoms with Crippen molar-refractivity contribution < 1.29 is 14.8 Å². The van der Waals surface area contributed by atoms with Crippen molar-refractivity contribution in [3.05, 3.63) is 27.6 Å². The summed E-state index contributed by atoms with van der Waals surface area (Å²) < 4.78 is 1.48. The van der Waals surface area contributed by atoms with Crippen LogP contribution >= 0.6 is 0 Å². The van der Waals surface area contributed by atoms with Crippen LogP contribution < -0.4 is 0 Å². The second-order valence-electron chi connectivity index (χ2n) is 4.37. The number of amides is 1. The monoisotopic (exact) mass is 266 g/mol. The van der Waals surface area contributed by atoms with Crippen LogP contribution in [0.25, 0.3) is 5.57 Å². The quantitative estimate of drug-likeness (QED) is 0.644. The highest BCUT2D eigenvalue weighted by molar-refractivity contribution is 5.74. The molecular formula is C11H14N4O4. The normalized spacial score (nSPS) is 15.3. The molecule has 1 aliphatic rings. The number of hydrogen-bond donors (Lipinski definition) is 1. The SMILES string of the molecule is Cc1nn(C)c(C2=CCN(C(=O)O)CC2)c1[N+](=O)[O-]. The molecule has 8 nitrogen and oxygen atoms in total. The smallest absolute Gasteiger partial charge is 0.407 e. The lowest BCUT2D eigenvalue weighted by atomic mass is 10.0. The molecule has 0 aromatic carbocycles. The van der Waals surface area contributed by atoms with Gasteiger partial charge in [-0.2, -0.15) is 5.10 Å². The summed E-state index contributed by atoms with van der Waals surface area (Å²) in [6.07, 6.45) is 1.18. The largest absolute Gasteiger partial charge is 0.465 e. The molecule has 1 aliphatic heterocycles. The molecule has 0 spiro atoms. The molecule has 2 heterocycles. The molecule has 1 aromatic rings. The van der Waals surface area contributed by atoms with Crippen molar-refractivity contribution in [1.82, 2.24) is 14.7 Å². The van der Waals surface area contributed by atoms with Crippen LogP contribution in [0, 0.1) is 17.0 Å². The molecule has 0 fully saturated rings. The second kappa shape index (κ2) is 4.71. The van der Waals surface area contributed by atoms with E-state index in [9.17, 15) is 14.9 Å². The van der Waals surface area contributed by atoms with E-state index in [4.69, 9.17) is 5.11 Å². The molecule has 0 unspecified atom stereocenters. The number of hydrogen-bond acceptors (Lipinski definition) is 4. The summed E-state index contributed by atoms with van der Waals surface area (Å²) in [5, 5.41) is 24.0. The molecule has 19 heavy (non-hydrogen) atoms. The van der Waals surface area contributed by atoms with Crippen molar-refractivity contribution in [3.8, 4) is 0 Å². The zero-order chi connectivity index (χ0) is 14.2. The van der Waals surface area contributed by atoms with Crippen molar-refractivity contribution in [1.29, 1.82) is 0 Å². The first-order chi connectivity index (χ1) is 8.91. The molecule has 1 aromatic heterocycles. The maximum Gasteiger partial charge on any atom is 0.407 e. The molecule has 0 radical (unpaired) electrons. The fourth-order valence-electron chi connectivity index (χ4n) is 2.28. The molecule has 1 amide bonds. The van der Waals surface area contributed by atoms with Gasteiger partial charge in [-0.25, -0.2) is 4.79 Å². The van der Waals surface area contributed by atoms with Gasteiger partial charge in [-0.1, -0.05) is 6.08 Å². The molecule has 1 N–H and O–H groups in total. The van der Waals surface area contributed by atoms with Gasteiger partial charge in [-0.15, -0.1) is 0 Å². The Morgan fingerprint density at radius 1 is 1.58 bits per heavy atom.